The van der Waals surface area contributed by atoms with E-state index in [-0.39, 0.29) is 12.3 Å². The van der Waals surface area contributed by atoms with Crippen molar-refractivity contribution in [2.24, 2.45) is 0 Å². The van der Waals surface area contributed by atoms with Crippen molar-refractivity contribution >= 4 is 40.5 Å². The predicted octanol–water partition coefficient (Wildman–Crippen LogP) is 4.45. The maximum absolute atomic E-state index is 12.1. The molecule has 0 saturated heterocycles. The summed E-state index contributed by atoms with van der Waals surface area (Å²) in [6, 6.07) is 10.4. The normalized spacial score (nSPS) is 10.2. The van der Waals surface area contributed by atoms with E-state index < -0.39 is 0 Å². The molecule has 24 heavy (non-hydrogen) atoms. The van der Waals surface area contributed by atoms with Crippen LogP contribution in [0.15, 0.2) is 36.4 Å². The maximum atomic E-state index is 12.1. The maximum Gasteiger partial charge on any atom is 0.226 e. The van der Waals surface area contributed by atoms with Crippen molar-refractivity contribution in [3.63, 3.8) is 0 Å². The lowest BCUT2D eigenvalue weighted by Crippen LogP contribution is -2.17. The van der Waals surface area contributed by atoms with Crippen LogP contribution in [-0.2, 0) is 4.79 Å². The number of nitrogens with one attached hydrogen (secondary N) is 2. The molecule has 128 valence electrons. The molecule has 0 radical (unpaired) electrons. The minimum atomic E-state index is -0.169. The second kappa shape index (κ2) is 8.66. The Morgan fingerprint density at radius 2 is 1.79 bits per heavy atom. The first-order valence-electron chi connectivity index (χ1n) is 7.25. The first-order chi connectivity index (χ1) is 11.5. The molecule has 5 nitrogen and oxygen atoms in total. The van der Waals surface area contributed by atoms with Gasteiger partial charge in [-0.3, -0.25) is 4.79 Å². The molecule has 0 aromatic heterocycles. The van der Waals surface area contributed by atoms with Gasteiger partial charge in [-0.05, 0) is 24.3 Å². The molecule has 2 aromatic rings. The van der Waals surface area contributed by atoms with Gasteiger partial charge in [-0.1, -0.05) is 29.3 Å². The molecule has 1 amide bonds. The lowest BCUT2D eigenvalue weighted by atomic mass is 10.2. The Hall–Kier alpha value is -2.11. The molecule has 2 rings (SSSR count). The number of benzene rings is 2. The van der Waals surface area contributed by atoms with Crippen LogP contribution >= 0.6 is 23.2 Å². The molecule has 0 atom stereocenters. The second-order valence-corrected chi connectivity index (χ2v) is 5.70. The summed E-state index contributed by atoms with van der Waals surface area (Å²) < 4.78 is 10.4. The summed E-state index contributed by atoms with van der Waals surface area (Å²) in [4.78, 5) is 12.1. The Labute approximate surface area is 150 Å². The van der Waals surface area contributed by atoms with Gasteiger partial charge in [0.1, 0.15) is 11.5 Å². The lowest BCUT2D eigenvalue weighted by molar-refractivity contribution is -0.116. The van der Waals surface area contributed by atoms with Crippen LogP contribution in [0.25, 0.3) is 0 Å². The number of hydrogen-bond acceptors (Lipinski definition) is 4. The van der Waals surface area contributed by atoms with Crippen LogP contribution in [0.4, 0.5) is 11.4 Å². The van der Waals surface area contributed by atoms with Crippen molar-refractivity contribution in [3.05, 3.63) is 46.4 Å². The first-order valence-corrected chi connectivity index (χ1v) is 8.00. The highest BCUT2D eigenvalue weighted by Crippen LogP contribution is 2.30. The van der Waals surface area contributed by atoms with Gasteiger partial charge in [-0.25, -0.2) is 0 Å². The Balaban J connectivity index is 1.94. The predicted molar refractivity (Wildman–Crippen MR) is 97.7 cm³/mol. The molecule has 0 aliphatic carbocycles. The highest BCUT2D eigenvalue weighted by molar-refractivity contribution is 6.39. The largest absolute Gasteiger partial charge is 0.497 e. The molecular formula is C17H18Cl2N2O3. The van der Waals surface area contributed by atoms with Crippen LogP contribution in [0.2, 0.25) is 10.0 Å². The van der Waals surface area contributed by atoms with E-state index in [1.54, 1.807) is 50.6 Å². The molecule has 2 N–H and O–H groups in total. The van der Waals surface area contributed by atoms with Crippen molar-refractivity contribution in [2.75, 3.05) is 31.4 Å². The van der Waals surface area contributed by atoms with Crippen LogP contribution in [0, 0.1) is 0 Å². The molecule has 0 saturated carbocycles. The molecule has 0 fully saturated rings. The van der Waals surface area contributed by atoms with E-state index in [1.165, 1.54) is 0 Å². The number of ether oxygens (including phenoxy) is 2. The highest BCUT2D eigenvalue weighted by Gasteiger charge is 2.10. The van der Waals surface area contributed by atoms with Crippen molar-refractivity contribution in [1.29, 1.82) is 0 Å². The van der Waals surface area contributed by atoms with Gasteiger partial charge in [0.2, 0.25) is 5.91 Å². The van der Waals surface area contributed by atoms with Crippen LogP contribution in [0.5, 0.6) is 11.5 Å². The number of carbonyl (C=O) groups excluding carboxylic acids is 1. The highest BCUT2D eigenvalue weighted by atomic mass is 35.5. The van der Waals surface area contributed by atoms with Gasteiger partial charge < -0.3 is 20.1 Å². The first kappa shape index (κ1) is 18.2. The van der Waals surface area contributed by atoms with E-state index in [2.05, 4.69) is 10.6 Å². The zero-order chi connectivity index (χ0) is 17.5. The summed E-state index contributed by atoms with van der Waals surface area (Å²) in [7, 11) is 3.10. The number of carbonyl (C=O) groups is 1. The average Bonchev–Trinajstić information content (AvgIpc) is 2.57. The lowest BCUT2D eigenvalue weighted by Gasteiger charge is -2.13. The fourth-order valence-electron chi connectivity index (χ4n) is 2.09. The van der Waals surface area contributed by atoms with Gasteiger partial charge in [0.05, 0.1) is 35.6 Å². The van der Waals surface area contributed by atoms with Crippen molar-refractivity contribution in [3.8, 4) is 11.5 Å². The molecule has 0 spiro atoms. The number of anilines is 2. The summed E-state index contributed by atoms with van der Waals surface area (Å²) in [6.45, 7) is 0.390. The topological polar surface area (TPSA) is 59.6 Å². The average molecular weight is 369 g/mol. The minimum absolute atomic E-state index is 0.169. The van der Waals surface area contributed by atoms with E-state index in [0.717, 1.165) is 0 Å². The van der Waals surface area contributed by atoms with E-state index in [9.17, 15) is 4.79 Å². The molecule has 2 aromatic carbocycles. The van der Waals surface area contributed by atoms with Crippen LogP contribution in [0.3, 0.4) is 0 Å². The van der Waals surface area contributed by atoms with E-state index >= 15 is 0 Å². The molecule has 0 heterocycles. The number of para-hydroxylation sites is 1. The third-order valence-electron chi connectivity index (χ3n) is 3.30. The molecular weight excluding hydrogens is 351 g/mol. The zero-order valence-electron chi connectivity index (χ0n) is 13.4. The van der Waals surface area contributed by atoms with E-state index in [0.29, 0.717) is 39.5 Å². The molecule has 0 unspecified atom stereocenters. The summed E-state index contributed by atoms with van der Waals surface area (Å²) in [5, 5.41) is 6.89. The number of rotatable bonds is 7. The van der Waals surface area contributed by atoms with Crippen LogP contribution in [-0.4, -0.2) is 26.7 Å². The number of methoxy groups -OCH3 is 2. The quantitative estimate of drug-likeness (QED) is 0.757. The third-order valence-corrected chi connectivity index (χ3v) is 3.93. The summed E-state index contributed by atoms with van der Waals surface area (Å²) in [6.07, 6.45) is 0.238. The third kappa shape index (κ3) is 4.69. The number of amides is 1. The van der Waals surface area contributed by atoms with Gasteiger partial charge in [-0.15, -0.1) is 0 Å². The number of hydrogen-bond donors (Lipinski definition) is 2. The standard InChI is InChI=1S/C17H18Cl2N2O3/c1-23-11-6-7-15(24-2)14(10-11)21-16(22)8-9-20-17-12(18)4-3-5-13(17)19/h3-7,10,20H,8-9H2,1-2H3,(H,21,22). The second-order valence-electron chi connectivity index (χ2n) is 4.89. The fourth-order valence-corrected chi connectivity index (χ4v) is 2.62. The van der Waals surface area contributed by atoms with Gasteiger partial charge in [0.25, 0.3) is 0 Å². The van der Waals surface area contributed by atoms with Gasteiger partial charge in [-0.2, -0.15) is 0 Å². The molecule has 0 aliphatic rings. The minimum Gasteiger partial charge on any atom is -0.497 e. The van der Waals surface area contributed by atoms with E-state index in [4.69, 9.17) is 32.7 Å². The van der Waals surface area contributed by atoms with Gasteiger partial charge in [0.15, 0.2) is 0 Å². The van der Waals surface area contributed by atoms with Gasteiger partial charge in [0, 0.05) is 19.0 Å². The molecule has 0 bridgehead atoms. The van der Waals surface area contributed by atoms with Crippen LogP contribution in [0.1, 0.15) is 6.42 Å². The Kier molecular flexibility index (Phi) is 6.58. The SMILES string of the molecule is COc1ccc(OC)c(NC(=O)CCNc2c(Cl)cccc2Cl)c1. The van der Waals surface area contributed by atoms with Crippen molar-refractivity contribution in [1.82, 2.24) is 0 Å². The van der Waals surface area contributed by atoms with Crippen LogP contribution < -0.4 is 20.1 Å². The van der Waals surface area contributed by atoms with Crippen molar-refractivity contribution < 1.29 is 14.3 Å². The monoisotopic (exact) mass is 368 g/mol. The zero-order valence-corrected chi connectivity index (χ0v) is 14.9. The fraction of sp³-hybridized carbons (Fsp3) is 0.235. The summed E-state index contributed by atoms with van der Waals surface area (Å²) >= 11 is 12.1. The van der Waals surface area contributed by atoms with E-state index in [1.807, 2.05) is 0 Å². The summed E-state index contributed by atoms with van der Waals surface area (Å²) in [5.41, 5.74) is 1.17. The van der Waals surface area contributed by atoms with Crippen molar-refractivity contribution in [2.45, 2.75) is 6.42 Å². The summed E-state index contributed by atoms with van der Waals surface area (Å²) in [5.74, 6) is 1.02. The smallest absolute Gasteiger partial charge is 0.226 e. The Morgan fingerprint density at radius 1 is 1.08 bits per heavy atom. The molecule has 7 heteroatoms. The Morgan fingerprint density at radius 3 is 2.42 bits per heavy atom. The number of halogens is 2. The van der Waals surface area contributed by atoms with Gasteiger partial charge >= 0.3 is 0 Å². The molecule has 0 aliphatic heterocycles. The Bertz CT molecular complexity index is 703.